The van der Waals surface area contributed by atoms with Gasteiger partial charge in [-0.25, -0.2) is 4.79 Å². The molecule has 0 aliphatic heterocycles. The number of benzene rings is 1. The SMILES string of the molecule is CN(C)c1ccc([N+](=O)[O-])cc1C(=O)OCC(=O)N[C@@](C)(C#N)C1CC1. The molecule has 9 heteroatoms. The van der Waals surface area contributed by atoms with Crippen molar-refractivity contribution in [2.75, 3.05) is 25.6 Å². The van der Waals surface area contributed by atoms with E-state index in [0.717, 1.165) is 18.9 Å². The fourth-order valence-corrected chi connectivity index (χ4v) is 2.61. The van der Waals surface area contributed by atoms with Crippen molar-refractivity contribution >= 4 is 23.3 Å². The zero-order valence-corrected chi connectivity index (χ0v) is 14.8. The average molecular weight is 360 g/mol. The Hall–Kier alpha value is -3.15. The van der Waals surface area contributed by atoms with Gasteiger partial charge in [0.15, 0.2) is 6.61 Å². The van der Waals surface area contributed by atoms with E-state index in [-0.39, 0.29) is 17.2 Å². The number of nitrogens with zero attached hydrogens (tertiary/aromatic N) is 3. The van der Waals surface area contributed by atoms with Crippen LogP contribution in [0.1, 0.15) is 30.1 Å². The number of esters is 1. The van der Waals surface area contributed by atoms with Crippen LogP contribution in [0.3, 0.4) is 0 Å². The molecule has 1 fully saturated rings. The number of hydrogen-bond acceptors (Lipinski definition) is 7. The summed E-state index contributed by atoms with van der Waals surface area (Å²) < 4.78 is 5.00. The third-order valence-corrected chi connectivity index (χ3v) is 4.25. The summed E-state index contributed by atoms with van der Waals surface area (Å²) in [6.07, 6.45) is 1.73. The normalized spacial score (nSPS) is 15.3. The highest BCUT2D eigenvalue weighted by Gasteiger charge is 2.43. The van der Waals surface area contributed by atoms with Crippen molar-refractivity contribution in [2.24, 2.45) is 5.92 Å². The first kappa shape index (κ1) is 19.2. The molecule has 0 bridgehead atoms. The van der Waals surface area contributed by atoms with Crippen molar-refractivity contribution in [2.45, 2.75) is 25.3 Å². The topological polar surface area (TPSA) is 126 Å². The first-order valence-electron chi connectivity index (χ1n) is 8.03. The summed E-state index contributed by atoms with van der Waals surface area (Å²) in [7, 11) is 3.36. The third kappa shape index (κ3) is 4.27. The average Bonchev–Trinajstić information content (AvgIpc) is 3.44. The highest BCUT2D eigenvalue weighted by molar-refractivity contribution is 5.97. The smallest absolute Gasteiger partial charge is 0.341 e. The minimum atomic E-state index is -0.982. The van der Waals surface area contributed by atoms with Crippen LogP contribution in [0.15, 0.2) is 18.2 Å². The lowest BCUT2D eigenvalue weighted by Crippen LogP contribution is -2.48. The lowest BCUT2D eigenvalue weighted by Gasteiger charge is -2.22. The van der Waals surface area contributed by atoms with E-state index in [0.29, 0.717) is 5.69 Å². The molecule has 0 radical (unpaired) electrons. The van der Waals surface area contributed by atoms with Gasteiger partial charge in [-0.3, -0.25) is 14.9 Å². The number of nitro groups is 1. The molecule has 0 heterocycles. The number of nitrogens with one attached hydrogen (secondary N) is 1. The summed E-state index contributed by atoms with van der Waals surface area (Å²) in [5.74, 6) is -1.34. The van der Waals surface area contributed by atoms with E-state index >= 15 is 0 Å². The molecule has 1 N–H and O–H groups in total. The minimum absolute atomic E-state index is 0.0118. The molecule has 1 saturated carbocycles. The third-order valence-electron chi connectivity index (χ3n) is 4.25. The van der Waals surface area contributed by atoms with Crippen LogP contribution < -0.4 is 10.2 Å². The van der Waals surface area contributed by atoms with Crippen LogP contribution in [-0.2, 0) is 9.53 Å². The van der Waals surface area contributed by atoms with Gasteiger partial charge in [-0.05, 0) is 31.7 Å². The molecule has 1 atom stereocenters. The van der Waals surface area contributed by atoms with Gasteiger partial charge in [-0.2, -0.15) is 5.26 Å². The largest absolute Gasteiger partial charge is 0.452 e. The van der Waals surface area contributed by atoms with Crippen LogP contribution in [0.5, 0.6) is 0 Å². The molecule has 1 aliphatic carbocycles. The number of non-ortho nitro benzene ring substituents is 1. The lowest BCUT2D eigenvalue weighted by molar-refractivity contribution is -0.384. The van der Waals surface area contributed by atoms with Crippen molar-refractivity contribution in [3.05, 3.63) is 33.9 Å². The number of nitro benzene ring substituents is 1. The van der Waals surface area contributed by atoms with Crippen molar-refractivity contribution in [1.29, 1.82) is 5.26 Å². The van der Waals surface area contributed by atoms with Gasteiger partial charge in [0.05, 0.1) is 22.2 Å². The molecule has 1 aromatic rings. The Morgan fingerprint density at radius 2 is 2.12 bits per heavy atom. The fourth-order valence-electron chi connectivity index (χ4n) is 2.61. The van der Waals surface area contributed by atoms with Crippen LogP contribution in [0.4, 0.5) is 11.4 Å². The minimum Gasteiger partial charge on any atom is -0.452 e. The molecule has 26 heavy (non-hydrogen) atoms. The molecule has 1 amide bonds. The Balaban J connectivity index is 2.07. The number of nitriles is 1. The van der Waals surface area contributed by atoms with Gasteiger partial charge in [0.1, 0.15) is 5.54 Å². The second kappa shape index (κ2) is 7.39. The van der Waals surface area contributed by atoms with Crippen LogP contribution in [-0.4, -0.2) is 43.0 Å². The number of carbonyl (C=O) groups excluding carboxylic acids is 2. The number of hydrogen-bond donors (Lipinski definition) is 1. The molecule has 0 saturated heterocycles. The van der Waals surface area contributed by atoms with E-state index in [1.165, 1.54) is 12.1 Å². The Bertz CT molecular complexity index is 782. The summed E-state index contributed by atoms with van der Waals surface area (Å²) >= 11 is 0. The summed E-state index contributed by atoms with van der Waals surface area (Å²) in [6.45, 7) is 1.06. The maximum Gasteiger partial charge on any atom is 0.341 e. The molecular formula is C17H20N4O5. The van der Waals surface area contributed by atoms with Crippen molar-refractivity contribution in [1.82, 2.24) is 5.32 Å². The van der Waals surface area contributed by atoms with Gasteiger partial charge in [-0.1, -0.05) is 0 Å². The summed E-state index contributed by atoms with van der Waals surface area (Å²) in [6, 6.07) is 5.91. The summed E-state index contributed by atoms with van der Waals surface area (Å²) in [5.41, 5.74) is -0.815. The maximum atomic E-state index is 12.3. The first-order chi connectivity index (χ1) is 12.2. The monoisotopic (exact) mass is 360 g/mol. The summed E-state index contributed by atoms with van der Waals surface area (Å²) in [5, 5.41) is 22.7. The van der Waals surface area contributed by atoms with E-state index in [2.05, 4.69) is 11.4 Å². The zero-order valence-electron chi connectivity index (χ0n) is 14.8. The zero-order chi connectivity index (χ0) is 19.5. The molecule has 2 rings (SSSR count). The Kier molecular flexibility index (Phi) is 5.45. The quantitative estimate of drug-likeness (QED) is 0.445. The highest BCUT2D eigenvalue weighted by Crippen LogP contribution is 2.39. The van der Waals surface area contributed by atoms with Crippen LogP contribution in [0, 0.1) is 27.4 Å². The molecule has 138 valence electrons. The molecule has 1 aliphatic rings. The highest BCUT2D eigenvalue weighted by atomic mass is 16.6. The first-order valence-corrected chi connectivity index (χ1v) is 8.03. The van der Waals surface area contributed by atoms with Crippen LogP contribution in [0.25, 0.3) is 0 Å². The standard InChI is InChI=1S/C17H20N4O5/c1-17(10-18,11-4-5-11)19-15(22)9-26-16(23)13-8-12(21(24)25)6-7-14(13)20(2)3/h6-8,11H,4-5,9H2,1-3H3,(H,19,22)/t17-/m0/s1. The number of rotatable bonds is 7. The van der Waals surface area contributed by atoms with E-state index < -0.39 is 28.9 Å². The van der Waals surface area contributed by atoms with Crippen LogP contribution >= 0.6 is 0 Å². The molecule has 0 unspecified atom stereocenters. The van der Waals surface area contributed by atoms with Gasteiger partial charge >= 0.3 is 5.97 Å². The van der Waals surface area contributed by atoms with Crippen LogP contribution in [0.2, 0.25) is 0 Å². The van der Waals surface area contributed by atoms with Gasteiger partial charge in [0.2, 0.25) is 0 Å². The van der Waals surface area contributed by atoms with Crippen molar-refractivity contribution in [3.8, 4) is 6.07 Å². The predicted octanol–water partition coefficient (Wildman–Crippen LogP) is 1.63. The van der Waals surface area contributed by atoms with Gasteiger partial charge in [-0.15, -0.1) is 0 Å². The number of anilines is 1. The number of amides is 1. The van der Waals surface area contributed by atoms with E-state index in [4.69, 9.17) is 4.74 Å². The Labute approximate surface area is 150 Å². The van der Waals surface area contributed by atoms with Gasteiger partial charge < -0.3 is 15.0 Å². The Morgan fingerprint density at radius 1 is 1.46 bits per heavy atom. The second-order valence-electron chi connectivity index (χ2n) is 6.57. The molecular weight excluding hydrogens is 340 g/mol. The van der Waals surface area contributed by atoms with E-state index in [1.807, 2.05) is 0 Å². The summed E-state index contributed by atoms with van der Waals surface area (Å²) in [4.78, 5) is 36.3. The fraction of sp³-hybridized carbons (Fsp3) is 0.471. The maximum absolute atomic E-state index is 12.3. The molecule has 9 nitrogen and oxygen atoms in total. The molecule has 0 aromatic heterocycles. The second-order valence-corrected chi connectivity index (χ2v) is 6.57. The predicted molar refractivity (Wildman–Crippen MR) is 92.6 cm³/mol. The van der Waals surface area contributed by atoms with E-state index in [1.54, 1.807) is 25.9 Å². The van der Waals surface area contributed by atoms with Gasteiger partial charge in [0.25, 0.3) is 11.6 Å². The van der Waals surface area contributed by atoms with Gasteiger partial charge in [0, 0.05) is 26.2 Å². The number of carbonyl (C=O) groups is 2. The van der Waals surface area contributed by atoms with Crippen molar-refractivity contribution in [3.63, 3.8) is 0 Å². The van der Waals surface area contributed by atoms with E-state index in [9.17, 15) is 25.0 Å². The number of ether oxygens (including phenoxy) is 1. The van der Waals surface area contributed by atoms with Crippen molar-refractivity contribution < 1.29 is 19.2 Å². The molecule has 0 spiro atoms. The Morgan fingerprint density at radius 3 is 2.62 bits per heavy atom. The lowest BCUT2D eigenvalue weighted by atomic mass is 9.98. The molecule has 1 aromatic carbocycles.